The van der Waals surface area contributed by atoms with Crippen molar-refractivity contribution in [3.63, 3.8) is 0 Å². The number of ether oxygens (including phenoxy) is 1. The normalized spacial score (nSPS) is 18.3. The molecule has 2 atom stereocenters. The number of halogens is 1. The summed E-state index contributed by atoms with van der Waals surface area (Å²) in [6.45, 7) is 1.44. The number of hydrogen-bond acceptors (Lipinski definition) is 5. The number of fused-ring (bicyclic) bond motifs is 3. The van der Waals surface area contributed by atoms with Crippen LogP contribution in [0.1, 0.15) is 17.2 Å². The highest BCUT2D eigenvalue weighted by molar-refractivity contribution is 8.00. The van der Waals surface area contributed by atoms with Gasteiger partial charge in [0, 0.05) is 11.4 Å². The minimum atomic E-state index is -1.14. The number of thioether (sulfide) groups is 1. The van der Waals surface area contributed by atoms with E-state index in [1.54, 1.807) is 23.8 Å². The molecule has 5 nitrogen and oxygen atoms in total. The number of nitrogens with zero attached hydrogens (tertiary/aromatic N) is 2. The zero-order chi connectivity index (χ0) is 22.0. The molecule has 1 amide bonds. The van der Waals surface area contributed by atoms with E-state index in [0.29, 0.717) is 6.54 Å². The third-order valence-electron chi connectivity index (χ3n) is 5.63. The van der Waals surface area contributed by atoms with Gasteiger partial charge in [-0.25, -0.2) is 0 Å². The topological polar surface area (TPSA) is 53.0 Å². The van der Waals surface area contributed by atoms with Crippen molar-refractivity contribution in [1.82, 2.24) is 4.90 Å². The average Bonchev–Trinajstić information content (AvgIpc) is 2.89. The molecule has 0 aromatic heterocycles. The van der Waals surface area contributed by atoms with Crippen LogP contribution < -0.4 is 9.64 Å². The van der Waals surface area contributed by atoms with Crippen molar-refractivity contribution in [1.29, 1.82) is 0 Å². The van der Waals surface area contributed by atoms with Crippen molar-refractivity contribution in [3.8, 4) is 5.75 Å². The summed E-state index contributed by atoms with van der Waals surface area (Å²) in [6, 6.07) is 19.9. The van der Waals surface area contributed by atoms with Gasteiger partial charge in [0.15, 0.2) is 0 Å². The molecule has 1 aliphatic rings. The molecule has 1 aliphatic heterocycles. The van der Waals surface area contributed by atoms with Crippen LogP contribution in [0.5, 0.6) is 5.75 Å². The molecule has 0 bridgehead atoms. The Morgan fingerprint density at radius 1 is 1.06 bits per heavy atom. The highest BCUT2D eigenvalue weighted by Crippen LogP contribution is 2.48. The lowest BCUT2D eigenvalue weighted by molar-refractivity contribution is -0.126. The van der Waals surface area contributed by atoms with E-state index >= 15 is 0 Å². The molecule has 0 unspecified atom stereocenters. The van der Waals surface area contributed by atoms with Crippen LogP contribution in [-0.4, -0.2) is 56.3 Å². The van der Waals surface area contributed by atoms with E-state index in [1.165, 1.54) is 0 Å². The monoisotopic (exact) mass is 472 g/mol. The van der Waals surface area contributed by atoms with Gasteiger partial charge in [-0.15, -0.1) is 24.2 Å². The van der Waals surface area contributed by atoms with Gasteiger partial charge in [0.25, 0.3) is 5.91 Å². The van der Waals surface area contributed by atoms with E-state index in [4.69, 9.17) is 4.74 Å². The minimum absolute atomic E-state index is 0. The number of anilines is 1. The van der Waals surface area contributed by atoms with Crippen molar-refractivity contribution in [2.45, 2.75) is 22.7 Å². The molecule has 4 rings (SSSR count). The maximum absolute atomic E-state index is 13.5. The van der Waals surface area contributed by atoms with Gasteiger partial charge >= 0.3 is 0 Å². The van der Waals surface area contributed by atoms with Crippen LogP contribution >= 0.6 is 24.2 Å². The van der Waals surface area contributed by atoms with Crippen LogP contribution in [0.4, 0.5) is 5.69 Å². The molecular weight excluding hydrogens is 444 g/mol. The highest BCUT2D eigenvalue weighted by Gasteiger charge is 2.37. The second kappa shape index (κ2) is 10.6. The van der Waals surface area contributed by atoms with Crippen LogP contribution in [0.2, 0.25) is 0 Å². The van der Waals surface area contributed by atoms with Gasteiger partial charge in [0.05, 0.1) is 18.0 Å². The van der Waals surface area contributed by atoms with Gasteiger partial charge in [-0.3, -0.25) is 4.79 Å². The first-order valence-corrected chi connectivity index (χ1v) is 11.3. The maximum atomic E-state index is 13.5. The Kier molecular flexibility index (Phi) is 8.06. The van der Waals surface area contributed by atoms with Gasteiger partial charge in [-0.05, 0) is 61.6 Å². The highest BCUT2D eigenvalue weighted by atomic mass is 35.5. The number of aliphatic hydroxyl groups excluding tert-OH is 1. The largest absolute Gasteiger partial charge is 0.497 e. The van der Waals surface area contributed by atoms with Crippen LogP contribution in [-0.2, 0) is 4.79 Å². The summed E-state index contributed by atoms with van der Waals surface area (Å²) < 4.78 is 5.28. The summed E-state index contributed by atoms with van der Waals surface area (Å²) in [5, 5.41) is 13.0. The second-order valence-electron chi connectivity index (χ2n) is 8.04. The molecule has 0 spiro atoms. The molecule has 1 heterocycles. The number of amides is 1. The van der Waals surface area contributed by atoms with E-state index in [-0.39, 0.29) is 18.3 Å². The Labute approximate surface area is 199 Å². The summed E-state index contributed by atoms with van der Waals surface area (Å²) in [5.74, 6) is 0.500. The number of hydrogen-bond donors (Lipinski definition) is 1. The quantitative estimate of drug-likeness (QED) is 0.560. The Bertz CT molecular complexity index is 1070. The smallest absolute Gasteiger partial charge is 0.257 e. The van der Waals surface area contributed by atoms with E-state index < -0.39 is 11.4 Å². The van der Waals surface area contributed by atoms with Crippen molar-refractivity contribution >= 4 is 46.5 Å². The molecule has 0 saturated carbocycles. The maximum Gasteiger partial charge on any atom is 0.257 e. The Morgan fingerprint density at radius 3 is 2.47 bits per heavy atom. The molecule has 0 saturated heterocycles. The number of carbonyl (C=O) groups excluding carboxylic acids is 1. The van der Waals surface area contributed by atoms with Crippen LogP contribution in [0, 0.1) is 0 Å². The van der Waals surface area contributed by atoms with Crippen LogP contribution in [0.3, 0.4) is 0 Å². The zero-order valence-corrected chi connectivity index (χ0v) is 20.2. The number of methoxy groups -OCH3 is 1. The number of aliphatic hydroxyl groups is 1. The second-order valence-corrected chi connectivity index (χ2v) is 9.19. The fourth-order valence-corrected chi connectivity index (χ4v) is 5.39. The van der Waals surface area contributed by atoms with Gasteiger partial charge in [-0.1, -0.05) is 42.5 Å². The third-order valence-corrected chi connectivity index (χ3v) is 7.08. The predicted octanol–water partition coefficient (Wildman–Crippen LogP) is 4.76. The molecule has 3 aromatic carbocycles. The van der Waals surface area contributed by atoms with E-state index in [1.807, 2.05) is 56.6 Å². The first kappa shape index (κ1) is 24.4. The number of rotatable bonds is 6. The Morgan fingerprint density at radius 2 is 1.78 bits per heavy atom. The van der Waals surface area contributed by atoms with E-state index in [0.717, 1.165) is 45.6 Å². The van der Waals surface area contributed by atoms with Gasteiger partial charge in [0.2, 0.25) is 0 Å². The van der Waals surface area contributed by atoms with Crippen LogP contribution in [0.25, 0.3) is 10.8 Å². The average molecular weight is 473 g/mol. The lowest BCUT2D eigenvalue weighted by Crippen LogP contribution is -2.41. The predicted molar refractivity (Wildman–Crippen MR) is 134 cm³/mol. The molecule has 170 valence electrons. The zero-order valence-electron chi connectivity index (χ0n) is 18.5. The molecular formula is C25H29ClN2O3S. The van der Waals surface area contributed by atoms with E-state index in [2.05, 4.69) is 23.1 Å². The van der Waals surface area contributed by atoms with Crippen molar-refractivity contribution < 1.29 is 14.6 Å². The minimum Gasteiger partial charge on any atom is -0.497 e. The van der Waals surface area contributed by atoms with Crippen molar-refractivity contribution in [3.05, 3.63) is 66.2 Å². The molecule has 0 aliphatic carbocycles. The lowest BCUT2D eigenvalue weighted by atomic mass is 10.1. The molecule has 32 heavy (non-hydrogen) atoms. The lowest BCUT2D eigenvalue weighted by Gasteiger charge is -2.26. The molecule has 0 fully saturated rings. The van der Waals surface area contributed by atoms with Gasteiger partial charge < -0.3 is 19.6 Å². The first-order chi connectivity index (χ1) is 15.0. The molecule has 7 heteroatoms. The van der Waals surface area contributed by atoms with Gasteiger partial charge in [0.1, 0.15) is 11.9 Å². The van der Waals surface area contributed by atoms with Crippen molar-refractivity contribution in [2.75, 3.05) is 39.2 Å². The fraction of sp³-hybridized carbons (Fsp3) is 0.320. The van der Waals surface area contributed by atoms with E-state index in [9.17, 15) is 9.90 Å². The number of carbonyl (C=O) groups is 1. The third kappa shape index (κ3) is 4.89. The van der Waals surface area contributed by atoms with Crippen molar-refractivity contribution in [2.24, 2.45) is 0 Å². The summed E-state index contributed by atoms with van der Waals surface area (Å²) in [4.78, 5) is 18.4. The fourth-order valence-electron chi connectivity index (χ4n) is 3.99. The molecule has 3 aromatic rings. The number of benzene rings is 3. The first-order valence-electron chi connectivity index (χ1n) is 10.5. The molecule has 0 radical (unpaired) electrons. The Balaban J connectivity index is 0.00000289. The van der Waals surface area contributed by atoms with Gasteiger partial charge in [-0.2, -0.15) is 0 Å². The summed E-state index contributed by atoms with van der Waals surface area (Å²) >= 11 is 1.57. The standard InChI is InChI=1S/C25H28N2O3S.ClH/c1-26(2)15-6-16-27-21-14-11-17-7-4-5-8-20(17)24(21)31-23(22(28)25(27)29)18-9-12-19(30-3)13-10-18;/h4-5,7-14,22-23,28H,6,15-16H2,1-3H3;1H/t22-,23+;/m1./s1. The van der Waals surface area contributed by atoms with Crippen LogP contribution in [0.15, 0.2) is 65.6 Å². The Hall–Kier alpha value is -2.25. The summed E-state index contributed by atoms with van der Waals surface area (Å²) in [6.07, 6.45) is -0.306. The summed E-state index contributed by atoms with van der Waals surface area (Å²) in [5.41, 5.74) is 1.78. The summed E-state index contributed by atoms with van der Waals surface area (Å²) in [7, 11) is 5.67. The molecule has 1 N–H and O–H groups in total. The SMILES string of the molecule is COc1ccc([C@@H]2Sc3c(ccc4ccccc34)N(CCCN(C)C)C(=O)[C@@H]2O)cc1.Cl.